The smallest absolute Gasteiger partial charge is 0.410 e. The number of nitrogens with one attached hydrogen (secondary N) is 1. The van der Waals surface area contributed by atoms with E-state index in [9.17, 15) is 22.0 Å². The van der Waals surface area contributed by atoms with Crippen molar-refractivity contribution in [2.24, 2.45) is 5.92 Å². The molecule has 2 aromatic heterocycles. The van der Waals surface area contributed by atoms with E-state index in [1.807, 2.05) is 20.8 Å². The van der Waals surface area contributed by atoms with E-state index in [0.29, 0.717) is 52.4 Å². The molecule has 50 heavy (non-hydrogen) atoms. The Balaban J connectivity index is 1.25. The minimum absolute atomic E-state index is 0.0990. The highest BCUT2D eigenvalue weighted by molar-refractivity contribution is 7.90. The lowest BCUT2D eigenvalue weighted by Crippen LogP contribution is -2.47. The number of piperidine rings is 1. The molecule has 1 N–H and O–H groups in total. The van der Waals surface area contributed by atoms with E-state index >= 15 is 4.39 Å². The molecule has 1 aliphatic heterocycles. The number of aryl methyl sites for hydroxylation is 1. The largest absolute Gasteiger partial charge is 0.444 e. The Hall–Kier alpha value is -4.46. The van der Waals surface area contributed by atoms with Crippen molar-refractivity contribution in [2.45, 2.75) is 76.7 Å². The fourth-order valence-electron chi connectivity index (χ4n) is 6.27. The lowest BCUT2D eigenvalue weighted by molar-refractivity contribution is -0.122. The molecule has 2 aliphatic rings. The molecule has 6 rings (SSSR count). The van der Waals surface area contributed by atoms with Crippen molar-refractivity contribution in [1.82, 2.24) is 19.9 Å². The highest BCUT2D eigenvalue weighted by Crippen LogP contribution is 2.45. The molecule has 1 amide bonds. The first-order chi connectivity index (χ1) is 23.6. The third-order valence-electron chi connectivity index (χ3n) is 8.95. The molecule has 4 aromatic rings. The van der Waals surface area contributed by atoms with E-state index in [-0.39, 0.29) is 36.4 Å². The Kier molecular flexibility index (Phi) is 9.68. The van der Waals surface area contributed by atoms with Crippen LogP contribution in [0, 0.1) is 18.7 Å². The Morgan fingerprint density at radius 2 is 1.84 bits per heavy atom. The third kappa shape index (κ3) is 7.95. The Morgan fingerprint density at radius 1 is 1.06 bits per heavy atom. The van der Waals surface area contributed by atoms with Crippen LogP contribution in [0.2, 0.25) is 0 Å². The van der Waals surface area contributed by atoms with Crippen LogP contribution in [0.15, 0.2) is 54.9 Å². The number of sulfone groups is 1. The van der Waals surface area contributed by atoms with Gasteiger partial charge in [-0.3, -0.25) is 0 Å². The number of alkyl halides is 2. The molecule has 2 fully saturated rings. The highest BCUT2D eigenvalue weighted by atomic mass is 32.2. The van der Waals surface area contributed by atoms with Gasteiger partial charge in [0.05, 0.1) is 22.8 Å². The third-order valence-corrected chi connectivity index (χ3v) is 10.6. The minimum Gasteiger partial charge on any atom is -0.444 e. The van der Waals surface area contributed by atoms with Crippen LogP contribution in [0.5, 0.6) is 11.6 Å². The summed E-state index contributed by atoms with van der Waals surface area (Å²) in [5, 5.41) is 4.08. The number of amides is 1. The minimum atomic E-state index is -4.05. The highest BCUT2D eigenvalue weighted by Gasteiger charge is 2.49. The normalized spacial score (nSPS) is 19.1. The van der Waals surface area contributed by atoms with Gasteiger partial charge in [0, 0.05) is 54.8 Å². The molecule has 2 aromatic carbocycles. The molecule has 1 saturated heterocycles. The van der Waals surface area contributed by atoms with Crippen LogP contribution in [0.25, 0.3) is 22.0 Å². The van der Waals surface area contributed by atoms with Crippen molar-refractivity contribution in [1.29, 1.82) is 0 Å². The van der Waals surface area contributed by atoms with Gasteiger partial charge in [0.25, 0.3) is 5.92 Å². The molecule has 10 nitrogen and oxygen atoms in total. The quantitative estimate of drug-likeness (QED) is 0.186. The Labute approximate surface area is 289 Å². The lowest BCUT2D eigenvalue weighted by atomic mass is 9.82. The summed E-state index contributed by atoms with van der Waals surface area (Å²) in [6, 6.07) is 11.1. The van der Waals surface area contributed by atoms with Crippen LogP contribution in [-0.4, -0.2) is 70.8 Å². The molecule has 14 heteroatoms. The molecule has 0 radical (unpaired) electrons. The van der Waals surface area contributed by atoms with Crippen molar-refractivity contribution >= 4 is 32.7 Å². The summed E-state index contributed by atoms with van der Waals surface area (Å²) in [5.41, 5.74) is 1.03. The maximum Gasteiger partial charge on any atom is 0.410 e. The summed E-state index contributed by atoms with van der Waals surface area (Å²) in [4.78, 5) is 27.9. The van der Waals surface area contributed by atoms with Crippen molar-refractivity contribution in [3.05, 3.63) is 71.8 Å². The number of halogens is 3. The van der Waals surface area contributed by atoms with Gasteiger partial charge >= 0.3 is 6.09 Å². The molecule has 3 heterocycles. The van der Waals surface area contributed by atoms with E-state index in [1.165, 1.54) is 6.07 Å². The van der Waals surface area contributed by atoms with Gasteiger partial charge in [0.15, 0.2) is 9.84 Å². The summed E-state index contributed by atoms with van der Waals surface area (Å²) >= 11 is 0. The number of likely N-dealkylation sites (tertiary alicyclic amines) is 1. The number of hydrogen-bond donors (Lipinski definition) is 1. The number of anilines is 1. The topological polar surface area (TPSA) is 124 Å². The van der Waals surface area contributed by atoms with Crippen molar-refractivity contribution in [3.8, 4) is 22.9 Å². The van der Waals surface area contributed by atoms with Gasteiger partial charge in [-0.1, -0.05) is 12.1 Å². The first-order valence-corrected chi connectivity index (χ1v) is 18.4. The number of fused-ring (bicyclic) bond motifs is 1. The van der Waals surface area contributed by atoms with Crippen molar-refractivity contribution in [2.75, 3.05) is 24.2 Å². The number of carbonyl (C=O) groups excluding carboxylic acids is 1. The number of aromatic nitrogens is 3. The molecule has 0 spiro atoms. The van der Waals surface area contributed by atoms with Gasteiger partial charge in [-0.05, 0) is 88.2 Å². The van der Waals surface area contributed by atoms with Crippen LogP contribution < -0.4 is 10.1 Å². The maximum atomic E-state index is 15.2. The van der Waals surface area contributed by atoms with E-state index in [4.69, 9.17) is 14.5 Å². The fraction of sp³-hybridized carbons (Fsp3) is 0.444. The lowest BCUT2D eigenvalue weighted by Gasteiger charge is -2.35. The number of nitrogens with zero attached hydrogens (tertiary/aromatic N) is 4. The van der Waals surface area contributed by atoms with Gasteiger partial charge in [-0.2, -0.15) is 0 Å². The standard InChI is InChI=1S/C36H40F3N5O5S/c1-22-9-10-25-26(11-12-29(37)28(25)21-50(46,47)20-23-13-15-36(23,38)39)31(22)48-32-27(8-5-16-40-32)30-14-17-41-33(43-30)42-24-7-6-18-44(19-24)34(45)49-35(2,3)4/h5,8-12,14,16-17,23-24H,6-7,13,15,18-21H2,1-4H3,(H,41,42,43)/t23-,24-/m0/s1. The summed E-state index contributed by atoms with van der Waals surface area (Å²) in [6.07, 6.45) is 4.17. The molecular weight excluding hydrogens is 671 g/mol. The van der Waals surface area contributed by atoms with E-state index in [1.54, 1.807) is 54.5 Å². The van der Waals surface area contributed by atoms with Gasteiger partial charge in [-0.15, -0.1) is 0 Å². The van der Waals surface area contributed by atoms with Crippen LogP contribution in [0.1, 0.15) is 57.6 Å². The van der Waals surface area contributed by atoms with E-state index < -0.39 is 44.6 Å². The molecule has 0 bridgehead atoms. The van der Waals surface area contributed by atoms with Crippen LogP contribution in [0.3, 0.4) is 0 Å². The Bertz CT molecular complexity index is 2020. The zero-order valence-corrected chi connectivity index (χ0v) is 29.2. The first-order valence-electron chi connectivity index (χ1n) is 16.6. The maximum absolute atomic E-state index is 15.2. The monoisotopic (exact) mass is 711 g/mol. The predicted molar refractivity (Wildman–Crippen MR) is 184 cm³/mol. The van der Waals surface area contributed by atoms with E-state index in [2.05, 4.69) is 15.3 Å². The number of pyridine rings is 1. The van der Waals surface area contributed by atoms with Gasteiger partial charge in [-0.25, -0.2) is 41.3 Å². The molecule has 266 valence electrons. The second-order valence-corrected chi connectivity index (χ2v) is 16.1. The molecule has 1 aliphatic carbocycles. The molecule has 1 saturated carbocycles. The number of hydrogen-bond acceptors (Lipinski definition) is 9. The van der Waals surface area contributed by atoms with E-state index in [0.717, 1.165) is 18.9 Å². The fourth-order valence-corrected chi connectivity index (χ4v) is 8.15. The Morgan fingerprint density at radius 3 is 2.56 bits per heavy atom. The second-order valence-electron chi connectivity index (χ2n) is 14.0. The summed E-state index contributed by atoms with van der Waals surface area (Å²) in [7, 11) is -4.05. The average Bonchev–Trinajstić information content (AvgIpc) is 3.05. The van der Waals surface area contributed by atoms with Gasteiger partial charge < -0.3 is 19.7 Å². The zero-order valence-electron chi connectivity index (χ0n) is 28.4. The number of rotatable bonds is 9. The number of carbonyl (C=O) groups is 1. The first kappa shape index (κ1) is 35.4. The van der Waals surface area contributed by atoms with Crippen LogP contribution in [0.4, 0.5) is 23.9 Å². The number of benzene rings is 2. The van der Waals surface area contributed by atoms with Crippen molar-refractivity contribution in [3.63, 3.8) is 0 Å². The predicted octanol–water partition coefficient (Wildman–Crippen LogP) is 7.70. The van der Waals surface area contributed by atoms with Crippen LogP contribution >= 0.6 is 0 Å². The molecule has 0 unspecified atom stereocenters. The molecule has 2 atom stereocenters. The van der Waals surface area contributed by atoms with Gasteiger partial charge in [0.2, 0.25) is 11.8 Å². The SMILES string of the molecule is Cc1ccc2c(CS(=O)(=O)C[C@@H]3CCC3(F)F)c(F)ccc2c1Oc1ncccc1-c1ccnc(N[C@H]2CCCN(C(=O)OC(C)(C)C)C2)n1. The van der Waals surface area contributed by atoms with Gasteiger partial charge in [0.1, 0.15) is 17.2 Å². The second kappa shape index (κ2) is 13.7. The summed E-state index contributed by atoms with van der Waals surface area (Å²) < 4.78 is 80.9. The summed E-state index contributed by atoms with van der Waals surface area (Å²) in [5.74, 6) is -5.56. The van der Waals surface area contributed by atoms with Crippen LogP contribution in [-0.2, 0) is 20.3 Å². The average molecular weight is 712 g/mol. The van der Waals surface area contributed by atoms with Crippen molar-refractivity contribution < 1.29 is 35.9 Å². The number of ether oxygens (including phenoxy) is 2. The zero-order chi connectivity index (χ0) is 35.8. The summed E-state index contributed by atoms with van der Waals surface area (Å²) in [6.45, 7) is 8.32. The molecular formula is C36H40F3N5O5S.